The number of methoxy groups -OCH3 is 2. The quantitative estimate of drug-likeness (QED) is 0.178. The van der Waals surface area contributed by atoms with Crippen molar-refractivity contribution < 1.29 is 79.4 Å². The van der Waals surface area contributed by atoms with Crippen molar-refractivity contribution in [3.8, 4) is 28.7 Å². The molecule has 0 saturated carbocycles. The van der Waals surface area contributed by atoms with Crippen molar-refractivity contribution in [2.75, 3.05) is 40.5 Å². The van der Waals surface area contributed by atoms with Gasteiger partial charge in [-0.15, -0.1) is 0 Å². The van der Waals surface area contributed by atoms with Gasteiger partial charge < -0.3 is 57.2 Å². The molecule has 3 aromatic carbocycles. The topological polar surface area (TPSA) is 199 Å². The second-order valence-corrected chi connectivity index (χ2v) is 15.5. The maximum absolute atomic E-state index is 13.8. The van der Waals surface area contributed by atoms with E-state index in [9.17, 15) is 23.1 Å². The van der Waals surface area contributed by atoms with E-state index < -0.39 is 83.1 Å². The molecule has 3 saturated heterocycles. The summed E-state index contributed by atoms with van der Waals surface area (Å²) in [6, 6.07) is 15.9. The summed E-state index contributed by atoms with van der Waals surface area (Å²) in [7, 11) is -1.28. The minimum atomic E-state index is -4.07. The molecule has 0 bridgehead atoms. The number of benzene rings is 3. The van der Waals surface area contributed by atoms with Gasteiger partial charge in [0.15, 0.2) is 35.6 Å². The third-order valence-corrected chi connectivity index (χ3v) is 10.9. The van der Waals surface area contributed by atoms with Gasteiger partial charge in [0.1, 0.15) is 31.0 Å². The van der Waals surface area contributed by atoms with Crippen LogP contribution in [-0.4, -0.2) is 103 Å². The Kier molecular flexibility index (Phi) is 10.5. The molecule has 0 amide bonds. The molecule has 1 N–H and O–H groups in total. The van der Waals surface area contributed by atoms with Crippen molar-refractivity contribution in [3.63, 3.8) is 0 Å². The summed E-state index contributed by atoms with van der Waals surface area (Å²) in [6.45, 7) is 1.50. The molecule has 8 rings (SSSR count). The molecular formula is C38H40O17S. The minimum Gasteiger partial charge on any atom is -0.493 e. The van der Waals surface area contributed by atoms with Crippen LogP contribution in [0.4, 0.5) is 4.79 Å². The summed E-state index contributed by atoms with van der Waals surface area (Å²) in [4.78, 5) is 26.6. The van der Waals surface area contributed by atoms with E-state index >= 15 is 0 Å². The van der Waals surface area contributed by atoms with Gasteiger partial charge in [0.25, 0.3) is 10.1 Å². The van der Waals surface area contributed by atoms with Crippen molar-refractivity contribution in [3.05, 3.63) is 76.9 Å². The number of hydrogen-bond acceptors (Lipinski definition) is 17. The van der Waals surface area contributed by atoms with E-state index in [1.165, 1.54) is 14.2 Å². The van der Waals surface area contributed by atoms with Crippen LogP contribution in [0.2, 0.25) is 0 Å². The van der Waals surface area contributed by atoms with Gasteiger partial charge in [0, 0.05) is 11.8 Å². The SMILES string of the molecule is COc1cc([C@@H]2c3cc4c(cc3[C@@H](O[C@@H]3O[C@@H]5CO[C@@H](C)O[C@H]5[C@H](OS(C)(=O)=O)[C@H]3O)[C@H]3COC(=O)[C@H]23)OCO4)cc(OC)c1OC(=O)OCc1ccccc1. The first-order valence-electron chi connectivity index (χ1n) is 17.8. The van der Waals surface area contributed by atoms with Gasteiger partial charge in [-0.3, -0.25) is 8.98 Å². The lowest BCUT2D eigenvalue weighted by molar-refractivity contribution is -0.361. The second kappa shape index (κ2) is 15.3. The van der Waals surface area contributed by atoms with Crippen LogP contribution in [0.25, 0.3) is 0 Å². The van der Waals surface area contributed by atoms with E-state index in [1.54, 1.807) is 43.3 Å². The highest BCUT2D eigenvalue weighted by atomic mass is 32.2. The van der Waals surface area contributed by atoms with Crippen molar-refractivity contribution in [1.29, 1.82) is 0 Å². The average Bonchev–Trinajstić information content (AvgIpc) is 3.81. The van der Waals surface area contributed by atoms with Gasteiger partial charge in [-0.05, 0) is 53.4 Å². The molecule has 300 valence electrons. The van der Waals surface area contributed by atoms with Crippen molar-refractivity contribution in [2.45, 2.75) is 62.5 Å². The Morgan fingerprint density at radius 2 is 1.62 bits per heavy atom. The number of carbonyl (C=O) groups is 2. The van der Waals surface area contributed by atoms with Crippen LogP contribution in [0.3, 0.4) is 0 Å². The van der Waals surface area contributed by atoms with Gasteiger partial charge in [0.05, 0.1) is 45.7 Å². The second-order valence-electron chi connectivity index (χ2n) is 13.9. The summed E-state index contributed by atoms with van der Waals surface area (Å²) < 4.78 is 93.7. The highest BCUT2D eigenvalue weighted by Gasteiger charge is 2.57. The van der Waals surface area contributed by atoms with Crippen LogP contribution in [0.5, 0.6) is 28.7 Å². The van der Waals surface area contributed by atoms with E-state index in [0.29, 0.717) is 28.2 Å². The monoisotopic (exact) mass is 800 g/mol. The molecule has 3 fully saturated rings. The Bertz CT molecular complexity index is 2050. The summed E-state index contributed by atoms with van der Waals surface area (Å²) in [5.74, 6) is -1.74. The first-order chi connectivity index (χ1) is 26.9. The molecule has 5 aliphatic rings. The van der Waals surface area contributed by atoms with Crippen molar-refractivity contribution >= 4 is 22.2 Å². The Hall–Kier alpha value is -4.69. The van der Waals surface area contributed by atoms with E-state index in [1.807, 2.05) is 18.2 Å². The molecule has 0 aromatic heterocycles. The molecule has 4 heterocycles. The fourth-order valence-electron chi connectivity index (χ4n) is 7.95. The summed E-state index contributed by atoms with van der Waals surface area (Å²) >= 11 is 0. The predicted octanol–water partition coefficient (Wildman–Crippen LogP) is 3.33. The lowest BCUT2D eigenvalue weighted by Gasteiger charge is -2.48. The number of hydrogen-bond donors (Lipinski definition) is 1. The number of carbonyl (C=O) groups excluding carboxylic acids is 2. The van der Waals surface area contributed by atoms with E-state index in [2.05, 4.69) is 0 Å². The van der Waals surface area contributed by atoms with Gasteiger partial charge in [-0.1, -0.05) is 30.3 Å². The Morgan fingerprint density at radius 1 is 0.929 bits per heavy atom. The first-order valence-corrected chi connectivity index (χ1v) is 19.6. The van der Waals surface area contributed by atoms with Crippen LogP contribution in [0.15, 0.2) is 54.6 Å². The van der Waals surface area contributed by atoms with Gasteiger partial charge in [0.2, 0.25) is 12.5 Å². The zero-order valence-corrected chi connectivity index (χ0v) is 31.5. The van der Waals surface area contributed by atoms with Crippen LogP contribution >= 0.6 is 0 Å². The Labute approximate surface area is 321 Å². The molecule has 0 unspecified atom stereocenters. The zero-order chi connectivity index (χ0) is 39.3. The number of ether oxygens (including phenoxy) is 11. The average molecular weight is 801 g/mol. The number of rotatable bonds is 10. The molecule has 10 atom stereocenters. The van der Waals surface area contributed by atoms with Crippen LogP contribution in [0, 0.1) is 11.8 Å². The Balaban J connectivity index is 1.15. The van der Waals surface area contributed by atoms with Crippen LogP contribution < -0.4 is 23.7 Å². The van der Waals surface area contributed by atoms with E-state index in [4.69, 9.17) is 56.3 Å². The molecule has 18 heteroatoms. The number of aliphatic hydroxyl groups excluding tert-OH is 1. The number of esters is 1. The summed E-state index contributed by atoms with van der Waals surface area (Å²) in [6.07, 6.45) is -8.17. The van der Waals surface area contributed by atoms with Gasteiger partial charge >= 0.3 is 12.1 Å². The Morgan fingerprint density at radius 3 is 2.30 bits per heavy atom. The molecule has 56 heavy (non-hydrogen) atoms. The molecule has 1 aliphatic carbocycles. The minimum absolute atomic E-state index is 0.00578. The molecule has 0 spiro atoms. The van der Waals surface area contributed by atoms with Crippen molar-refractivity contribution in [1.82, 2.24) is 0 Å². The lowest BCUT2D eigenvalue weighted by atomic mass is 9.66. The number of aliphatic hydroxyl groups is 1. The summed E-state index contributed by atoms with van der Waals surface area (Å²) in [5, 5.41) is 11.6. The maximum atomic E-state index is 13.8. The zero-order valence-electron chi connectivity index (χ0n) is 30.7. The smallest absolute Gasteiger partial charge is 0.493 e. The number of cyclic esters (lactones) is 1. The first kappa shape index (κ1) is 38.2. The van der Waals surface area contributed by atoms with Crippen molar-refractivity contribution in [2.24, 2.45) is 11.8 Å². The molecule has 17 nitrogen and oxygen atoms in total. The highest BCUT2D eigenvalue weighted by Crippen LogP contribution is 2.57. The molecule has 4 aliphatic heterocycles. The number of fused-ring (bicyclic) bond motifs is 4. The van der Waals surface area contributed by atoms with Crippen LogP contribution in [-0.2, 0) is 54.1 Å². The fraction of sp³-hybridized carbons (Fsp3) is 0.474. The molecular weight excluding hydrogens is 760 g/mol. The third-order valence-electron chi connectivity index (χ3n) is 10.4. The highest BCUT2D eigenvalue weighted by molar-refractivity contribution is 7.86. The third kappa shape index (κ3) is 7.33. The largest absolute Gasteiger partial charge is 0.514 e. The maximum Gasteiger partial charge on any atom is 0.514 e. The predicted molar refractivity (Wildman–Crippen MR) is 188 cm³/mol. The van der Waals surface area contributed by atoms with Gasteiger partial charge in [-0.25, -0.2) is 4.79 Å². The van der Waals surface area contributed by atoms with E-state index in [0.717, 1.165) is 11.8 Å². The lowest BCUT2D eigenvalue weighted by Crippen LogP contribution is -2.64. The summed E-state index contributed by atoms with van der Waals surface area (Å²) in [5.41, 5.74) is 2.45. The van der Waals surface area contributed by atoms with Gasteiger partial charge in [-0.2, -0.15) is 8.42 Å². The fourth-order valence-corrected chi connectivity index (χ4v) is 8.57. The standard InChI is InChI=1S/C38H40O17S/c1-18-46-16-28-34(51-18)35(55-56(4,42)43)31(39)37(52-28)53-32-22-13-25-24(49-17-50-25)12-21(22)29(30-23(32)15-47-36(30)40)20-10-26(44-2)33(27(11-20)45-3)54-38(41)48-14-19-8-6-5-7-9-19/h5-13,18,23,28-32,34-35,37,39H,14-17H2,1-4H3/t18-,23+,28-,29-,30+,31-,32-,34-,35-,37+/m1/s1. The normalized spacial score (nSPS) is 30.3. The molecule has 3 aromatic rings. The molecule has 0 radical (unpaired) electrons. The van der Waals surface area contributed by atoms with E-state index in [-0.39, 0.29) is 43.9 Å². The van der Waals surface area contributed by atoms with Crippen LogP contribution in [0.1, 0.15) is 41.2 Å².